The van der Waals surface area contributed by atoms with Gasteiger partial charge in [-0.25, -0.2) is 0 Å². The predicted octanol–water partition coefficient (Wildman–Crippen LogP) is 4.23. The molecule has 0 bridgehead atoms. The zero-order chi connectivity index (χ0) is 17.0. The molecule has 2 aromatic rings. The molecule has 1 amide bonds. The van der Waals surface area contributed by atoms with E-state index in [1.54, 1.807) is 11.8 Å². The Morgan fingerprint density at radius 3 is 2.61 bits per heavy atom. The fourth-order valence-electron chi connectivity index (χ4n) is 1.82. The van der Waals surface area contributed by atoms with E-state index < -0.39 is 5.41 Å². The van der Waals surface area contributed by atoms with Gasteiger partial charge >= 0.3 is 0 Å². The molecule has 0 saturated heterocycles. The molecule has 0 radical (unpaired) electrons. The molecule has 7 heteroatoms. The molecule has 0 atom stereocenters. The summed E-state index contributed by atoms with van der Waals surface area (Å²) in [7, 11) is 0. The summed E-state index contributed by atoms with van der Waals surface area (Å²) in [5, 5.41) is 12.6. The number of amides is 1. The summed E-state index contributed by atoms with van der Waals surface area (Å²) >= 11 is 7.72. The van der Waals surface area contributed by atoms with E-state index in [4.69, 9.17) is 11.6 Å². The van der Waals surface area contributed by atoms with Crippen LogP contribution in [0.2, 0.25) is 5.02 Å². The van der Waals surface area contributed by atoms with Crippen molar-refractivity contribution in [3.05, 3.63) is 34.9 Å². The Labute approximate surface area is 145 Å². The number of hydrogen-bond donors (Lipinski definition) is 1. The molecule has 0 saturated carbocycles. The molecule has 2 rings (SSSR count). The second-order valence-corrected chi connectivity index (χ2v) is 7.48. The van der Waals surface area contributed by atoms with Gasteiger partial charge in [-0.1, -0.05) is 62.3 Å². The Morgan fingerprint density at radius 1 is 1.30 bits per heavy atom. The van der Waals surface area contributed by atoms with Crippen LogP contribution in [0.1, 0.15) is 33.3 Å². The molecule has 0 spiro atoms. The van der Waals surface area contributed by atoms with Crippen molar-refractivity contribution in [3.63, 3.8) is 0 Å². The molecule has 1 N–H and O–H groups in total. The van der Waals surface area contributed by atoms with Gasteiger partial charge in [0.05, 0.1) is 0 Å². The van der Waals surface area contributed by atoms with Crippen LogP contribution in [0.4, 0.5) is 5.95 Å². The van der Waals surface area contributed by atoms with E-state index in [1.807, 2.05) is 56.5 Å². The summed E-state index contributed by atoms with van der Waals surface area (Å²) in [5.74, 6) is 1.10. The maximum absolute atomic E-state index is 12.1. The van der Waals surface area contributed by atoms with Crippen molar-refractivity contribution < 1.29 is 4.79 Å². The van der Waals surface area contributed by atoms with Crippen LogP contribution in [-0.4, -0.2) is 20.7 Å². The molecular formula is C16H21ClN4OS. The van der Waals surface area contributed by atoms with Crippen LogP contribution in [0.5, 0.6) is 0 Å². The topological polar surface area (TPSA) is 59.8 Å². The maximum Gasteiger partial charge on any atom is 0.232 e. The van der Waals surface area contributed by atoms with Gasteiger partial charge in [0.15, 0.2) is 5.16 Å². The molecule has 23 heavy (non-hydrogen) atoms. The lowest BCUT2D eigenvalue weighted by molar-refractivity contribution is -0.123. The first-order chi connectivity index (χ1) is 10.8. The Morgan fingerprint density at radius 2 is 2.00 bits per heavy atom. The molecule has 0 unspecified atom stereocenters. The van der Waals surface area contributed by atoms with E-state index in [2.05, 4.69) is 15.5 Å². The van der Waals surface area contributed by atoms with Crippen molar-refractivity contribution in [1.82, 2.24) is 14.8 Å². The lowest BCUT2D eigenvalue weighted by Crippen LogP contribution is -2.29. The van der Waals surface area contributed by atoms with Gasteiger partial charge in [-0.05, 0) is 18.6 Å². The molecule has 0 aliphatic rings. The Balaban J connectivity index is 2.12. The second-order valence-electron chi connectivity index (χ2n) is 6.13. The summed E-state index contributed by atoms with van der Waals surface area (Å²) in [6.45, 7) is 8.26. The number of halogens is 1. The summed E-state index contributed by atoms with van der Waals surface area (Å²) in [5.41, 5.74) is 0.570. The minimum Gasteiger partial charge on any atom is -0.294 e. The van der Waals surface area contributed by atoms with Gasteiger partial charge in [0.1, 0.15) is 0 Å². The third kappa shape index (κ3) is 4.48. The molecule has 0 aliphatic heterocycles. The van der Waals surface area contributed by atoms with E-state index in [-0.39, 0.29) is 5.91 Å². The smallest absolute Gasteiger partial charge is 0.232 e. The summed E-state index contributed by atoms with van der Waals surface area (Å²) < 4.78 is 1.89. The van der Waals surface area contributed by atoms with Crippen molar-refractivity contribution in [2.75, 3.05) is 5.32 Å². The molecule has 1 aromatic carbocycles. The Hall–Kier alpha value is -1.53. The highest BCUT2D eigenvalue weighted by molar-refractivity contribution is 7.98. The van der Waals surface area contributed by atoms with E-state index in [0.29, 0.717) is 18.2 Å². The van der Waals surface area contributed by atoms with Crippen LogP contribution in [-0.2, 0) is 17.1 Å². The van der Waals surface area contributed by atoms with E-state index in [0.717, 1.165) is 15.7 Å². The minimum absolute atomic E-state index is 0.0812. The maximum atomic E-state index is 12.1. The van der Waals surface area contributed by atoms with Crippen molar-refractivity contribution >= 4 is 35.2 Å². The molecule has 1 aromatic heterocycles. The monoisotopic (exact) mass is 352 g/mol. The lowest BCUT2D eigenvalue weighted by atomic mass is 9.96. The highest BCUT2D eigenvalue weighted by Gasteiger charge is 2.23. The third-order valence-corrected chi connectivity index (χ3v) is 4.64. The fourth-order valence-corrected chi connectivity index (χ4v) is 3.11. The zero-order valence-electron chi connectivity index (χ0n) is 13.8. The quantitative estimate of drug-likeness (QED) is 0.818. The average molecular weight is 353 g/mol. The van der Waals surface area contributed by atoms with E-state index >= 15 is 0 Å². The number of hydrogen-bond acceptors (Lipinski definition) is 4. The molecule has 1 heterocycles. The molecule has 0 fully saturated rings. The van der Waals surface area contributed by atoms with Crippen LogP contribution in [0.15, 0.2) is 29.4 Å². The first-order valence-electron chi connectivity index (χ1n) is 7.43. The number of aromatic nitrogens is 3. The fraction of sp³-hybridized carbons (Fsp3) is 0.438. The number of carbonyl (C=O) groups is 1. The first-order valence-corrected chi connectivity index (χ1v) is 8.80. The van der Waals surface area contributed by atoms with Crippen LogP contribution < -0.4 is 5.32 Å². The molecule has 124 valence electrons. The van der Waals surface area contributed by atoms with Crippen molar-refractivity contribution in [1.29, 1.82) is 0 Å². The summed E-state index contributed by atoms with van der Waals surface area (Å²) in [4.78, 5) is 12.1. The number of thioether (sulfide) groups is 1. The van der Waals surface area contributed by atoms with Crippen molar-refractivity contribution in [2.24, 2.45) is 5.41 Å². The predicted molar refractivity (Wildman–Crippen MR) is 94.8 cm³/mol. The summed E-state index contributed by atoms with van der Waals surface area (Å²) in [6.07, 6.45) is 0. The largest absolute Gasteiger partial charge is 0.294 e. The number of nitrogens with one attached hydrogen (secondary N) is 1. The number of anilines is 1. The number of nitrogens with zero attached hydrogens (tertiary/aromatic N) is 3. The van der Waals surface area contributed by atoms with Gasteiger partial charge < -0.3 is 0 Å². The van der Waals surface area contributed by atoms with Gasteiger partial charge in [-0.3, -0.25) is 14.7 Å². The second kappa shape index (κ2) is 7.36. The Bertz CT molecular complexity index is 694. The molecule has 5 nitrogen and oxygen atoms in total. The van der Waals surface area contributed by atoms with Crippen LogP contribution in [0.25, 0.3) is 0 Å². The number of carbonyl (C=O) groups excluding carboxylic acids is 1. The van der Waals surface area contributed by atoms with Crippen molar-refractivity contribution in [3.8, 4) is 0 Å². The standard InChI is InChI=1S/C16H21ClN4OS/c1-5-21-14(18-13(22)16(2,3)4)19-20-15(21)23-10-11-8-6-7-9-12(11)17/h6-9H,5,10H2,1-4H3,(H,18,19,22). The minimum atomic E-state index is -0.477. The van der Waals surface area contributed by atoms with Gasteiger partial charge in [-0.2, -0.15) is 0 Å². The highest BCUT2D eigenvalue weighted by Crippen LogP contribution is 2.27. The first kappa shape index (κ1) is 17.8. The summed E-state index contributed by atoms with van der Waals surface area (Å²) in [6, 6.07) is 7.73. The normalized spacial score (nSPS) is 11.5. The van der Waals surface area contributed by atoms with Gasteiger partial charge in [0.2, 0.25) is 11.9 Å². The van der Waals surface area contributed by atoms with E-state index in [9.17, 15) is 4.79 Å². The van der Waals surface area contributed by atoms with Gasteiger partial charge in [0, 0.05) is 22.7 Å². The van der Waals surface area contributed by atoms with E-state index in [1.165, 1.54) is 0 Å². The van der Waals surface area contributed by atoms with Crippen molar-refractivity contribution in [2.45, 2.75) is 45.1 Å². The Kier molecular flexibility index (Phi) is 5.70. The SMILES string of the molecule is CCn1c(NC(=O)C(C)(C)C)nnc1SCc1ccccc1Cl. The molecular weight excluding hydrogens is 332 g/mol. The van der Waals surface area contributed by atoms with Gasteiger partial charge in [0.25, 0.3) is 0 Å². The number of rotatable bonds is 5. The molecule has 0 aliphatic carbocycles. The van der Waals surface area contributed by atoms with Crippen LogP contribution >= 0.6 is 23.4 Å². The zero-order valence-corrected chi connectivity index (χ0v) is 15.3. The van der Waals surface area contributed by atoms with Gasteiger partial charge in [-0.15, -0.1) is 10.2 Å². The van der Waals surface area contributed by atoms with Crippen LogP contribution in [0.3, 0.4) is 0 Å². The lowest BCUT2D eigenvalue weighted by Gasteiger charge is -2.17. The average Bonchev–Trinajstić information content (AvgIpc) is 2.87. The third-order valence-electron chi connectivity index (χ3n) is 3.25. The van der Waals surface area contributed by atoms with Crippen LogP contribution in [0, 0.1) is 5.41 Å². The highest BCUT2D eigenvalue weighted by atomic mass is 35.5. The number of benzene rings is 1.